The lowest BCUT2D eigenvalue weighted by molar-refractivity contribution is 1.03. The molecule has 0 aliphatic carbocycles. The number of hydrogen-bond acceptors (Lipinski definition) is 1. The molecule has 0 saturated carbocycles. The van der Waals surface area contributed by atoms with E-state index in [1.54, 1.807) is 0 Å². The molecule has 2 rings (SSSR count). The normalized spacial score (nSPS) is 10.4. The maximum Gasteiger partial charge on any atom is 0.0647 e. The largest absolute Gasteiger partial charge is 0.256 e. The van der Waals surface area contributed by atoms with Crippen LogP contribution in [0.3, 0.4) is 0 Å². The zero-order valence-electron chi connectivity index (χ0n) is 8.66. The predicted molar refractivity (Wildman–Crippen MR) is 68.1 cm³/mol. The molecule has 1 aromatic heterocycles. The summed E-state index contributed by atoms with van der Waals surface area (Å²) in [5.41, 5.74) is 3.14. The molecule has 0 saturated heterocycles. The first-order valence-corrected chi connectivity index (χ1v) is 5.94. The van der Waals surface area contributed by atoms with E-state index in [9.17, 15) is 0 Å². The Labute approximate surface area is 105 Å². The van der Waals surface area contributed by atoms with Gasteiger partial charge in [0.1, 0.15) is 0 Å². The van der Waals surface area contributed by atoms with Crippen molar-refractivity contribution in [1.29, 1.82) is 0 Å². The Hall–Kier alpha value is -1.05. The number of rotatable bonds is 3. The molecule has 2 aromatic rings. The van der Waals surface area contributed by atoms with E-state index in [0.29, 0.717) is 5.88 Å². The Morgan fingerprint density at radius 3 is 2.31 bits per heavy atom. The predicted octanol–water partition coefficient (Wildman–Crippen LogP) is 4.06. The number of halogens is 2. The van der Waals surface area contributed by atoms with E-state index in [2.05, 4.69) is 4.98 Å². The maximum atomic E-state index is 5.83. The molecule has 0 aliphatic heterocycles. The zero-order valence-corrected chi connectivity index (χ0v) is 10.2. The second-order valence-corrected chi connectivity index (χ2v) is 4.26. The van der Waals surface area contributed by atoms with Crippen LogP contribution in [0.15, 0.2) is 42.5 Å². The minimum atomic E-state index is 0.453. The molecule has 1 nitrogen and oxygen atoms in total. The van der Waals surface area contributed by atoms with Gasteiger partial charge < -0.3 is 0 Å². The molecule has 0 radical (unpaired) electrons. The fraction of sp³-hybridized carbons (Fsp3) is 0.154. The first kappa shape index (κ1) is 11.4. The second-order valence-electron chi connectivity index (χ2n) is 3.56. The van der Waals surface area contributed by atoms with Crippen molar-refractivity contribution >= 4 is 23.2 Å². The van der Waals surface area contributed by atoms with Crippen LogP contribution in [-0.4, -0.2) is 4.98 Å². The number of aromatic nitrogens is 1. The summed E-state index contributed by atoms with van der Waals surface area (Å²) < 4.78 is 0. The molecule has 82 valence electrons. The summed E-state index contributed by atoms with van der Waals surface area (Å²) >= 11 is 11.6. The van der Waals surface area contributed by atoms with Crippen LogP contribution in [0.4, 0.5) is 0 Å². The SMILES string of the molecule is ClCc1cccc(Cc2ccc(Cl)cc2)n1. The molecule has 0 amide bonds. The number of pyridine rings is 1. The van der Waals surface area contributed by atoms with Crippen molar-refractivity contribution in [2.24, 2.45) is 0 Å². The van der Waals surface area contributed by atoms with Gasteiger partial charge in [0.25, 0.3) is 0 Å². The second kappa shape index (κ2) is 5.33. The van der Waals surface area contributed by atoms with Crippen LogP contribution in [0.25, 0.3) is 0 Å². The van der Waals surface area contributed by atoms with E-state index in [-0.39, 0.29) is 0 Å². The van der Waals surface area contributed by atoms with Gasteiger partial charge in [-0.2, -0.15) is 0 Å². The molecule has 0 aliphatic rings. The van der Waals surface area contributed by atoms with Gasteiger partial charge in [0.2, 0.25) is 0 Å². The van der Waals surface area contributed by atoms with Crippen LogP contribution in [0.2, 0.25) is 5.02 Å². The van der Waals surface area contributed by atoms with E-state index in [4.69, 9.17) is 23.2 Å². The van der Waals surface area contributed by atoms with Crippen molar-refractivity contribution in [2.75, 3.05) is 0 Å². The van der Waals surface area contributed by atoms with Gasteiger partial charge in [-0.3, -0.25) is 4.98 Å². The molecule has 0 fully saturated rings. The fourth-order valence-corrected chi connectivity index (χ4v) is 1.79. The molecular weight excluding hydrogens is 241 g/mol. The number of alkyl halides is 1. The number of hydrogen-bond donors (Lipinski definition) is 0. The maximum absolute atomic E-state index is 5.83. The van der Waals surface area contributed by atoms with E-state index in [1.165, 1.54) is 5.56 Å². The minimum absolute atomic E-state index is 0.453. The molecule has 3 heteroatoms. The lowest BCUT2D eigenvalue weighted by Gasteiger charge is -2.03. The van der Waals surface area contributed by atoms with Crippen molar-refractivity contribution in [2.45, 2.75) is 12.3 Å². The van der Waals surface area contributed by atoms with Gasteiger partial charge in [-0.15, -0.1) is 11.6 Å². The summed E-state index contributed by atoms with van der Waals surface area (Å²) in [6, 6.07) is 13.7. The molecule has 0 bridgehead atoms. The highest BCUT2D eigenvalue weighted by Crippen LogP contribution is 2.13. The van der Waals surface area contributed by atoms with Crippen molar-refractivity contribution in [3.63, 3.8) is 0 Å². The lowest BCUT2D eigenvalue weighted by atomic mass is 10.1. The Bertz CT molecular complexity index is 466. The van der Waals surface area contributed by atoms with Gasteiger partial charge >= 0.3 is 0 Å². The Balaban J connectivity index is 2.16. The van der Waals surface area contributed by atoms with Gasteiger partial charge in [-0.1, -0.05) is 29.8 Å². The smallest absolute Gasteiger partial charge is 0.0647 e. The number of benzene rings is 1. The average molecular weight is 252 g/mol. The third-order valence-electron chi connectivity index (χ3n) is 2.30. The Morgan fingerprint density at radius 1 is 0.938 bits per heavy atom. The van der Waals surface area contributed by atoms with Crippen LogP contribution in [0, 0.1) is 0 Å². The summed E-state index contributed by atoms with van der Waals surface area (Å²) in [7, 11) is 0. The summed E-state index contributed by atoms with van der Waals surface area (Å²) in [5, 5.41) is 0.756. The molecule has 1 aromatic carbocycles. The van der Waals surface area contributed by atoms with Gasteiger partial charge in [-0.05, 0) is 29.8 Å². The average Bonchev–Trinajstić information content (AvgIpc) is 2.32. The third kappa shape index (κ3) is 2.97. The Kier molecular flexibility index (Phi) is 3.81. The van der Waals surface area contributed by atoms with Crippen LogP contribution < -0.4 is 0 Å². The molecule has 16 heavy (non-hydrogen) atoms. The van der Waals surface area contributed by atoms with Gasteiger partial charge in [0.15, 0.2) is 0 Å². The van der Waals surface area contributed by atoms with Crippen LogP contribution in [0.1, 0.15) is 17.0 Å². The minimum Gasteiger partial charge on any atom is -0.256 e. The summed E-state index contributed by atoms with van der Waals surface area (Å²) in [6.45, 7) is 0. The van der Waals surface area contributed by atoms with E-state index >= 15 is 0 Å². The molecule has 0 N–H and O–H groups in total. The van der Waals surface area contributed by atoms with Crippen LogP contribution >= 0.6 is 23.2 Å². The highest BCUT2D eigenvalue weighted by molar-refractivity contribution is 6.30. The molecular formula is C13H11Cl2N. The van der Waals surface area contributed by atoms with Crippen molar-refractivity contribution in [3.05, 3.63) is 64.4 Å². The van der Waals surface area contributed by atoms with E-state index in [0.717, 1.165) is 22.8 Å². The third-order valence-corrected chi connectivity index (χ3v) is 2.83. The molecule has 0 unspecified atom stereocenters. The summed E-state index contributed by atoms with van der Waals surface area (Å²) in [4.78, 5) is 4.44. The molecule has 0 atom stereocenters. The number of nitrogens with zero attached hydrogens (tertiary/aromatic N) is 1. The first-order valence-electron chi connectivity index (χ1n) is 5.03. The molecule has 1 heterocycles. The van der Waals surface area contributed by atoms with Crippen LogP contribution in [0.5, 0.6) is 0 Å². The Morgan fingerprint density at radius 2 is 1.62 bits per heavy atom. The topological polar surface area (TPSA) is 12.9 Å². The van der Waals surface area contributed by atoms with Gasteiger partial charge in [-0.25, -0.2) is 0 Å². The molecule has 0 spiro atoms. The van der Waals surface area contributed by atoms with Crippen LogP contribution in [-0.2, 0) is 12.3 Å². The standard InChI is InChI=1S/C13H11Cl2N/c14-9-13-3-1-2-12(16-13)8-10-4-6-11(15)7-5-10/h1-7H,8-9H2. The van der Waals surface area contributed by atoms with E-state index < -0.39 is 0 Å². The van der Waals surface area contributed by atoms with E-state index in [1.807, 2.05) is 42.5 Å². The summed E-state index contributed by atoms with van der Waals surface area (Å²) in [6.07, 6.45) is 0.807. The first-order chi connectivity index (χ1) is 7.78. The van der Waals surface area contributed by atoms with Gasteiger partial charge in [0, 0.05) is 17.1 Å². The highest BCUT2D eigenvalue weighted by Gasteiger charge is 1.99. The van der Waals surface area contributed by atoms with Gasteiger partial charge in [0.05, 0.1) is 11.6 Å². The van der Waals surface area contributed by atoms with Crippen molar-refractivity contribution < 1.29 is 0 Å². The van der Waals surface area contributed by atoms with Crippen molar-refractivity contribution in [1.82, 2.24) is 4.98 Å². The fourth-order valence-electron chi connectivity index (χ4n) is 1.51. The lowest BCUT2D eigenvalue weighted by Crippen LogP contribution is -1.94. The summed E-state index contributed by atoms with van der Waals surface area (Å²) in [5.74, 6) is 0.453. The highest BCUT2D eigenvalue weighted by atomic mass is 35.5. The quantitative estimate of drug-likeness (QED) is 0.750. The zero-order chi connectivity index (χ0) is 11.4. The monoisotopic (exact) mass is 251 g/mol. The van der Waals surface area contributed by atoms with Crippen molar-refractivity contribution in [3.8, 4) is 0 Å².